The molecule has 2 rings (SSSR count). The molecule has 2 aromatic rings. The van der Waals surface area contributed by atoms with E-state index >= 15 is 0 Å². The van der Waals surface area contributed by atoms with Crippen molar-refractivity contribution >= 4 is 35.7 Å². The molecule has 13 nitrogen and oxygen atoms in total. The first-order valence-electron chi connectivity index (χ1n) is 15.6. The van der Waals surface area contributed by atoms with Gasteiger partial charge in [0.05, 0.1) is 20.2 Å². The summed E-state index contributed by atoms with van der Waals surface area (Å²) in [4.78, 5) is 76.3. The quantitative estimate of drug-likeness (QED) is 0.168. The van der Waals surface area contributed by atoms with Crippen molar-refractivity contribution in [3.8, 4) is 0 Å². The van der Waals surface area contributed by atoms with Gasteiger partial charge in [0.1, 0.15) is 29.5 Å². The highest BCUT2D eigenvalue weighted by molar-refractivity contribution is 5.93. The standard InChI is InChI=1S/C34H46FN5O8/c1-21(2)16-27(32(45)47-6)39-31(44)26(17-22-10-8-7-9-11-22)38-29(42)20-36-28(41)19-37-30(43)25(40-33(46)48-34(3,4)5)18-23-12-14-24(35)15-13-23/h7-15,21,25-27H,16-20H2,1-6H3,(H,36,41)(H,37,43)(H,38,42)(H,39,44)(H,40,46)/t25-,26?,27+/m1/s1. The normalized spacial score (nSPS) is 12.9. The molecule has 0 aliphatic rings. The number of rotatable bonds is 16. The van der Waals surface area contributed by atoms with Crippen LogP contribution in [0, 0.1) is 11.7 Å². The molecule has 2 aromatic carbocycles. The van der Waals surface area contributed by atoms with Gasteiger partial charge in [0.25, 0.3) is 0 Å². The highest BCUT2D eigenvalue weighted by Crippen LogP contribution is 2.11. The van der Waals surface area contributed by atoms with Gasteiger partial charge < -0.3 is 36.1 Å². The summed E-state index contributed by atoms with van der Waals surface area (Å²) in [6.45, 7) is 7.69. The van der Waals surface area contributed by atoms with Crippen LogP contribution in [0.1, 0.15) is 52.2 Å². The maximum Gasteiger partial charge on any atom is 0.408 e. The van der Waals surface area contributed by atoms with E-state index in [2.05, 4.69) is 26.6 Å². The number of halogens is 1. The fourth-order valence-electron chi connectivity index (χ4n) is 4.45. The maximum absolute atomic E-state index is 13.4. The molecule has 48 heavy (non-hydrogen) atoms. The second kappa shape index (κ2) is 19.0. The lowest BCUT2D eigenvalue weighted by atomic mass is 10.0. The Hall–Kier alpha value is -5.01. The third-order valence-electron chi connectivity index (χ3n) is 6.67. The van der Waals surface area contributed by atoms with Crippen LogP contribution >= 0.6 is 0 Å². The monoisotopic (exact) mass is 671 g/mol. The zero-order valence-electron chi connectivity index (χ0n) is 28.2. The summed E-state index contributed by atoms with van der Waals surface area (Å²) in [5, 5.41) is 12.5. The van der Waals surface area contributed by atoms with Crippen molar-refractivity contribution in [2.24, 2.45) is 5.92 Å². The number of hydrogen-bond donors (Lipinski definition) is 5. The van der Waals surface area contributed by atoms with Gasteiger partial charge in [-0.2, -0.15) is 0 Å². The molecule has 14 heteroatoms. The number of carbonyl (C=O) groups excluding carboxylic acids is 6. The van der Waals surface area contributed by atoms with Crippen molar-refractivity contribution in [3.63, 3.8) is 0 Å². The predicted octanol–water partition coefficient (Wildman–Crippen LogP) is 1.93. The Kier molecular flexibility index (Phi) is 15.5. The van der Waals surface area contributed by atoms with Crippen LogP contribution in [0.4, 0.5) is 9.18 Å². The van der Waals surface area contributed by atoms with Gasteiger partial charge in [-0.1, -0.05) is 56.3 Å². The molecule has 0 aliphatic heterocycles. The first kappa shape index (κ1) is 39.2. The first-order chi connectivity index (χ1) is 22.6. The second-order valence-electron chi connectivity index (χ2n) is 12.5. The van der Waals surface area contributed by atoms with Crippen molar-refractivity contribution in [1.29, 1.82) is 0 Å². The van der Waals surface area contributed by atoms with E-state index in [-0.39, 0.29) is 18.8 Å². The number of alkyl carbamates (subject to hydrolysis) is 1. The number of esters is 1. The smallest absolute Gasteiger partial charge is 0.408 e. The molecule has 1 unspecified atom stereocenters. The number of nitrogens with one attached hydrogen (secondary N) is 5. The van der Waals surface area contributed by atoms with Crippen molar-refractivity contribution in [1.82, 2.24) is 26.6 Å². The zero-order chi connectivity index (χ0) is 35.9. The Labute approximate surface area is 280 Å². The predicted molar refractivity (Wildman–Crippen MR) is 175 cm³/mol. The maximum atomic E-state index is 13.4. The topological polar surface area (TPSA) is 181 Å². The molecule has 0 aromatic heterocycles. The molecule has 0 radical (unpaired) electrons. The molecule has 3 atom stereocenters. The van der Waals surface area contributed by atoms with Crippen LogP contribution in [0.5, 0.6) is 0 Å². The van der Waals surface area contributed by atoms with Gasteiger partial charge in [-0.15, -0.1) is 0 Å². The third kappa shape index (κ3) is 15.1. The highest BCUT2D eigenvalue weighted by Gasteiger charge is 2.29. The molecule has 0 bridgehead atoms. The molecule has 0 aliphatic carbocycles. The summed E-state index contributed by atoms with van der Waals surface area (Å²) in [5.41, 5.74) is 0.461. The number of benzene rings is 2. The largest absolute Gasteiger partial charge is 0.467 e. The minimum absolute atomic E-state index is 0.0196. The zero-order valence-corrected chi connectivity index (χ0v) is 28.2. The van der Waals surface area contributed by atoms with E-state index in [9.17, 15) is 33.2 Å². The van der Waals surface area contributed by atoms with Crippen LogP contribution in [-0.4, -0.2) is 79.6 Å². The summed E-state index contributed by atoms with van der Waals surface area (Å²) in [7, 11) is 1.22. The lowest BCUT2D eigenvalue weighted by Gasteiger charge is -2.24. The summed E-state index contributed by atoms with van der Waals surface area (Å²) < 4.78 is 23.4. The first-order valence-corrected chi connectivity index (χ1v) is 15.6. The fraction of sp³-hybridized carbons (Fsp3) is 0.471. The van der Waals surface area contributed by atoms with Crippen molar-refractivity contribution in [3.05, 3.63) is 71.5 Å². The van der Waals surface area contributed by atoms with E-state index in [4.69, 9.17) is 9.47 Å². The Balaban J connectivity index is 2.01. The summed E-state index contributed by atoms with van der Waals surface area (Å²) in [6.07, 6.45) is -0.446. The van der Waals surface area contributed by atoms with E-state index in [0.29, 0.717) is 12.0 Å². The Morgan fingerprint density at radius 3 is 1.83 bits per heavy atom. The van der Waals surface area contributed by atoms with Crippen LogP contribution in [-0.2, 0) is 46.3 Å². The average Bonchev–Trinajstić information content (AvgIpc) is 3.01. The summed E-state index contributed by atoms with van der Waals surface area (Å²) in [5.74, 6) is -3.74. The Morgan fingerprint density at radius 1 is 0.708 bits per heavy atom. The van der Waals surface area contributed by atoms with Crippen LogP contribution < -0.4 is 26.6 Å². The number of methoxy groups -OCH3 is 1. The molecule has 5 N–H and O–H groups in total. The minimum atomic E-state index is -1.16. The Bertz CT molecular complexity index is 1400. The molecule has 0 saturated carbocycles. The molecule has 0 fully saturated rings. The Morgan fingerprint density at radius 2 is 1.27 bits per heavy atom. The molecular formula is C34H46FN5O8. The highest BCUT2D eigenvalue weighted by atomic mass is 19.1. The number of ether oxygens (including phenoxy) is 2. The lowest BCUT2D eigenvalue weighted by Crippen LogP contribution is -2.54. The average molecular weight is 672 g/mol. The lowest BCUT2D eigenvalue weighted by molar-refractivity contribution is -0.145. The van der Waals surface area contributed by atoms with Crippen molar-refractivity contribution in [2.45, 2.75) is 77.6 Å². The molecular weight excluding hydrogens is 625 g/mol. The molecule has 5 amide bonds. The molecule has 0 saturated heterocycles. The summed E-state index contributed by atoms with van der Waals surface area (Å²) in [6, 6.07) is 11.1. The third-order valence-corrected chi connectivity index (χ3v) is 6.67. The van der Waals surface area contributed by atoms with E-state index in [1.165, 1.54) is 31.4 Å². The van der Waals surface area contributed by atoms with Crippen LogP contribution in [0.15, 0.2) is 54.6 Å². The van der Waals surface area contributed by atoms with Gasteiger partial charge in [0.15, 0.2) is 0 Å². The van der Waals surface area contributed by atoms with E-state index < -0.39 is 78.3 Å². The number of amides is 5. The number of carbonyl (C=O) groups is 6. The number of hydrogen-bond acceptors (Lipinski definition) is 8. The van der Waals surface area contributed by atoms with Gasteiger partial charge in [-0.3, -0.25) is 19.2 Å². The van der Waals surface area contributed by atoms with E-state index in [1.54, 1.807) is 51.1 Å². The SMILES string of the molecule is COC(=O)[C@H](CC(C)C)NC(=O)C(Cc1ccccc1)NC(=O)CNC(=O)CNC(=O)[C@@H](Cc1ccc(F)cc1)NC(=O)OC(C)(C)C. The van der Waals surface area contributed by atoms with Gasteiger partial charge in [0, 0.05) is 12.8 Å². The summed E-state index contributed by atoms with van der Waals surface area (Å²) >= 11 is 0. The fourth-order valence-corrected chi connectivity index (χ4v) is 4.45. The van der Waals surface area contributed by atoms with Crippen molar-refractivity contribution in [2.75, 3.05) is 20.2 Å². The van der Waals surface area contributed by atoms with Gasteiger partial charge in [0.2, 0.25) is 23.6 Å². The molecule has 0 heterocycles. The van der Waals surface area contributed by atoms with Gasteiger partial charge >= 0.3 is 12.1 Å². The molecule has 262 valence electrons. The van der Waals surface area contributed by atoms with Crippen LogP contribution in [0.25, 0.3) is 0 Å². The van der Waals surface area contributed by atoms with E-state index in [1.807, 2.05) is 13.8 Å². The second-order valence-corrected chi connectivity index (χ2v) is 12.5. The van der Waals surface area contributed by atoms with Crippen molar-refractivity contribution < 1.29 is 42.6 Å². The van der Waals surface area contributed by atoms with E-state index in [0.717, 1.165) is 5.56 Å². The van der Waals surface area contributed by atoms with Gasteiger partial charge in [-0.05, 0) is 56.4 Å². The van der Waals surface area contributed by atoms with Crippen LogP contribution in [0.3, 0.4) is 0 Å². The van der Waals surface area contributed by atoms with Gasteiger partial charge in [-0.25, -0.2) is 14.0 Å². The molecule has 0 spiro atoms. The minimum Gasteiger partial charge on any atom is -0.467 e. The van der Waals surface area contributed by atoms with Crippen LogP contribution in [0.2, 0.25) is 0 Å².